The van der Waals surface area contributed by atoms with Crippen LogP contribution in [0.1, 0.15) is 5.56 Å². The Morgan fingerprint density at radius 3 is 2.71 bits per heavy atom. The molecule has 0 unspecified atom stereocenters. The van der Waals surface area contributed by atoms with Crippen molar-refractivity contribution in [3.8, 4) is 23.8 Å². The van der Waals surface area contributed by atoms with Gasteiger partial charge in [0.15, 0.2) is 16.7 Å². The molecular weight excluding hydrogens is 508 g/mol. The zero-order chi connectivity index (χ0) is 20.1. The molecule has 0 atom stereocenters. The van der Waals surface area contributed by atoms with Crippen LogP contribution in [0.2, 0.25) is 0 Å². The zero-order valence-electron chi connectivity index (χ0n) is 14.7. The molecule has 3 rings (SSSR count). The van der Waals surface area contributed by atoms with E-state index in [0.717, 1.165) is 15.7 Å². The van der Waals surface area contributed by atoms with Crippen molar-refractivity contribution in [1.82, 2.24) is 5.32 Å². The number of aliphatic imine (C=N–C) groups is 1. The van der Waals surface area contributed by atoms with Crippen LogP contribution in [0.3, 0.4) is 0 Å². The maximum atomic E-state index is 12.3. The van der Waals surface area contributed by atoms with Crippen LogP contribution in [0.25, 0.3) is 6.08 Å². The van der Waals surface area contributed by atoms with E-state index in [0.29, 0.717) is 26.0 Å². The number of amides is 1. The maximum Gasteiger partial charge on any atom is 0.264 e. The van der Waals surface area contributed by atoms with Gasteiger partial charge < -0.3 is 14.8 Å². The molecule has 5 nitrogen and oxygen atoms in total. The molecule has 0 radical (unpaired) electrons. The molecule has 0 aliphatic carbocycles. The van der Waals surface area contributed by atoms with E-state index in [1.165, 1.54) is 11.8 Å². The highest BCUT2D eigenvalue weighted by atomic mass is 79.9. The Bertz CT molecular complexity index is 1010. The van der Waals surface area contributed by atoms with Crippen molar-refractivity contribution in [3.63, 3.8) is 0 Å². The van der Waals surface area contributed by atoms with E-state index in [4.69, 9.17) is 15.9 Å². The Morgan fingerprint density at radius 1 is 1.29 bits per heavy atom. The number of amidine groups is 1. The third-order valence-corrected chi connectivity index (χ3v) is 5.59. The van der Waals surface area contributed by atoms with Crippen molar-refractivity contribution in [2.75, 3.05) is 13.7 Å². The minimum Gasteiger partial charge on any atom is -0.493 e. The molecule has 1 aliphatic heterocycles. The van der Waals surface area contributed by atoms with Gasteiger partial charge in [-0.3, -0.25) is 4.79 Å². The SMILES string of the molecule is C#CCOc1c(Br)cc(/C=C2\SC(=Nc3ccc(Br)cc3)NC2=O)cc1OC. The molecule has 0 bridgehead atoms. The standard InChI is InChI=1S/C20H14Br2N2O3S/c1-3-8-27-18-15(22)9-12(10-16(18)26-2)11-17-19(25)24-20(28-17)23-14-6-4-13(21)5-7-14/h1,4-7,9-11H,8H2,2H3,(H,23,24,25)/b17-11-. The molecule has 2 aromatic rings. The lowest BCUT2D eigenvalue weighted by Crippen LogP contribution is -2.19. The lowest BCUT2D eigenvalue weighted by Gasteiger charge is -2.12. The van der Waals surface area contributed by atoms with Crippen molar-refractivity contribution >= 4 is 66.5 Å². The van der Waals surface area contributed by atoms with Gasteiger partial charge in [0, 0.05) is 4.47 Å². The summed E-state index contributed by atoms with van der Waals surface area (Å²) in [4.78, 5) is 17.3. The van der Waals surface area contributed by atoms with Crippen LogP contribution in [-0.4, -0.2) is 24.8 Å². The number of benzene rings is 2. The molecule has 1 saturated heterocycles. The van der Waals surface area contributed by atoms with Crippen LogP contribution in [0.15, 0.2) is 55.2 Å². The van der Waals surface area contributed by atoms with Gasteiger partial charge in [0.05, 0.1) is 22.2 Å². The molecule has 0 spiro atoms. The fourth-order valence-electron chi connectivity index (χ4n) is 2.34. The largest absolute Gasteiger partial charge is 0.493 e. The van der Waals surface area contributed by atoms with Gasteiger partial charge in [0.2, 0.25) is 0 Å². The fraction of sp³-hybridized carbons (Fsp3) is 0.100. The normalized spacial score (nSPS) is 16.1. The van der Waals surface area contributed by atoms with E-state index in [1.807, 2.05) is 30.3 Å². The first-order valence-electron chi connectivity index (χ1n) is 7.99. The average Bonchev–Trinajstić information content (AvgIpc) is 3.01. The Morgan fingerprint density at radius 2 is 2.04 bits per heavy atom. The molecule has 2 aromatic carbocycles. The van der Waals surface area contributed by atoms with Gasteiger partial charge in [-0.25, -0.2) is 4.99 Å². The Kier molecular flexibility index (Phi) is 6.83. The molecule has 0 aromatic heterocycles. The predicted molar refractivity (Wildman–Crippen MR) is 120 cm³/mol. The van der Waals surface area contributed by atoms with Crippen molar-refractivity contribution in [1.29, 1.82) is 0 Å². The van der Waals surface area contributed by atoms with Crippen LogP contribution in [0, 0.1) is 12.3 Å². The van der Waals surface area contributed by atoms with E-state index < -0.39 is 0 Å². The molecule has 0 saturated carbocycles. The lowest BCUT2D eigenvalue weighted by molar-refractivity contribution is -0.115. The van der Waals surface area contributed by atoms with Gasteiger partial charge in [-0.05, 0) is 75.7 Å². The van der Waals surface area contributed by atoms with Crippen LogP contribution < -0.4 is 14.8 Å². The molecular formula is C20H14Br2N2O3S. The second kappa shape index (κ2) is 9.32. The quantitative estimate of drug-likeness (QED) is 0.438. The van der Waals surface area contributed by atoms with Gasteiger partial charge >= 0.3 is 0 Å². The summed E-state index contributed by atoms with van der Waals surface area (Å²) in [6.07, 6.45) is 7.01. The number of terminal acetylenes is 1. The number of carbonyl (C=O) groups excluding carboxylic acids is 1. The maximum absolute atomic E-state index is 12.3. The number of hydrogen-bond acceptors (Lipinski definition) is 5. The molecule has 8 heteroatoms. The van der Waals surface area contributed by atoms with Crippen LogP contribution in [0.5, 0.6) is 11.5 Å². The number of nitrogens with zero attached hydrogens (tertiary/aromatic N) is 1. The van der Waals surface area contributed by atoms with Crippen molar-refractivity contribution in [3.05, 3.63) is 55.8 Å². The summed E-state index contributed by atoms with van der Waals surface area (Å²) in [5.74, 6) is 3.25. The van der Waals surface area contributed by atoms with Crippen molar-refractivity contribution in [2.24, 2.45) is 4.99 Å². The summed E-state index contributed by atoms with van der Waals surface area (Å²) in [5, 5.41) is 3.30. The number of nitrogens with one attached hydrogen (secondary N) is 1. The first-order valence-corrected chi connectivity index (χ1v) is 10.4. The van der Waals surface area contributed by atoms with E-state index in [1.54, 1.807) is 19.3 Å². The fourth-order valence-corrected chi connectivity index (χ4v) is 4.02. The molecule has 142 valence electrons. The first kappa shape index (κ1) is 20.5. The molecule has 1 aliphatic rings. The Balaban J connectivity index is 1.85. The minimum absolute atomic E-state index is 0.129. The molecule has 28 heavy (non-hydrogen) atoms. The van der Waals surface area contributed by atoms with E-state index in [2.05, 4.69) is 48.1 Å². The number of halogens is 2. The van der Waals surface area contributed by atoms with Crippen molar-refractivity contribution in [2.45, 2.75) is 0 Å². The summed E-state index contributed by atoms with van der Waals surface area (Å²) >= 11 is 8.12. The number of thioether (sulfide) groups is 1. The summed E-state index contributed by atoms with van der Waals surface area (Å²) in [7, 11) is 1.54. The highest BCUT2D eigenvalue weighted by molar-refractivity contribution is 9.10. The van der Waals surface area contributed by atoms with E-state index in [9.17, 15) is 4.79 Å². The molecule has 1 heterocycles. The minimum atomic E-state index is -0.205. The van der Waals surface area contributed by atoms with E-state index >= 15 is 0 Å². The summed E-state index contributed by atoms with van der Waals surface area (Å²) in [5.41, 5.74) is 1.53. The summed E-state index contributed by atoms with van der Waals surface area (Å²) < 4.78 is 12.5. The molecule has 1 fully saturated rings. The van der Waals surface area contributed by atoms with Gasteiger partial charge in [0.1, 0.15) is 6.61 Å². The van der Waals surface area contributed by atoms with Gasteiger partial charge in [0.25, 0.3) is 5.91 Å². The number of hydrogen-bond donors (Lipinski definition) is 1. The number of carbonyl (C=O) groups is 1. The van der Waals surface area contributed by atoms with E-state index in [-0.39, 0.29) is 12.5 Å². The Labute approximate surface area is 183 Å². The molecule has 1 N–H and O–H groups in total. The number of rotatable bonds is 5. The van der Waals surface area contributed by atoms with Crippen LogP contribution >= 0.6 is 43.6 Å². The second-order valence-corrected chi connectivity index (χ2v) is 8.29. The van der Waals surface area contributed by atoms with Gasteiger partial charge in [-0.1, -0.05) is 21.9 Å². The van der Waals surface area contributed by atoms with Crippen LogP contribution in [-0.2, 0) is 4.79 Å². The summed E-state index contributed by atoms with van der Waals surface area (Å²) in [6, 6.07) is 11.1. The summed E-state index contributed by atoms with van der Waals surface area (Å²) in [6.45, 7) is 0.129. The topological polar surface area (TPSA) is 59.9 Å². The number of methoxy groups -OCH3 is 1. The molecule has 1 amide bonds. The van der Waals surface area contributed by atoms with Gasteiger partial charge in [-0.2, -0.15) is 0 Å². The zero-order valence-corrected chi connectivity index (χ0v) is 18.7. The monoisotopic (exact) mass is 520 g/mol. The highest BCUT2D eigenvalue weighted by Gasteiger charge is 2.24. The highest BCUT2D eigenvalue weighted by Crippen LogP contribution is 2.38. The number of ether oxygens (including phenoxy) is 2. The van der Waals surface area contributed by atoms with Gasteiger partial charge in [-0.15, -0.1) is 6.42 Å². The van der Waals surface area contributed by atoms with Crippen LogP contribution in [0.4, 0.5) is 5.69 Å². The predicted octanol–water partition coefficient (Wildman–Crippen LogP) is 5.12. The first-order chi connectivity index (χ1) is 13.5. The average molecular weight is 522 g/mol. The Hall–Kier alpha value is -2.21. The van der Waals surface area contributed by atoms with Crippen molar-refractivity contribution < 1.29 is 14.3 Å². The lowest BCUT2D eigenvalue weighted by atomic mass is 10.2. The third kappa shape index (κ3) is 4.98. The third-order valence-electron chi connectivity index (χ3n) is 3.56. The smallest absolute Gasteiger partial charge is 0.264 e. The second-order valence-electron chi connectivity index (χ2n) is 5.49.